The number of unbranched alkanes of at least 4 members (excludes halogenated alkanes) is 5. The maximum atomic E-state index is 12.3. The van der Waals surface area contributed by atoms with Gasteiger partial charge in [-0.15, -0.1) is 0 Å². The maximum absolute atomic E-state index is 12.3. The molecule has 2 heteroatoms. The Morgan fingerprint density at radius 1 is 1.00 bits per heavy atom. The summed E-state index contributed by atoms with van der Waals surface area (Å²) in [7, 11) is 0. The minimum atomic E-state index is -0.131. The summed E-state index contributed by atoms with van der Waals surface area (Å²) in [5.41, 5.74) is 1.06. The van der Waals surface area contributed by atoms with Crippen molar-refractivity contribution in [1.82, 2.24) is 0 Å². The smallest absolute Gasteiger partial charge is 0.313 e. The molecule has 1 aromatic carbocycles. The van der Waals surface area contributed by atoms with Gasteiger partial charge in [0.1, 0.15) is 0 Å². The highest BCUT2D eigenvalue weighted by Gasteiger charge is 2.21. The Bertz CT molecular complexity index is 399. The number of carbonyl (C=O) groups excluding carboxylic acids is 1. The van der Waals surface area contributed by atoms with E-state index in [1.54, 1.807) is 0 Å². The first-order valence-electron chi connectivity index (χ1n) is 8.94. The summed E-state index contributed by atoms with van der Waals surface area (Å²) in [6.45, 7) is 6.29. The molecule has 2 nitrogen and oxygen atoms in total. The van der Waals surface area contributed by atoms with Gasteiger partial charge in [0.15, 0.2) is 0 Å². The lowest BCUT2D eigenvalue weighted by Gasteiger charge is -2.19. The van der Waals surface area contributed by atoms with Gasteiger partial charge in [-0.05, 0) is 31.7 Å². The lowest BCUT2D eigenvalue weighted by atomic mass is 9.97. The van der Waals surface area contributed by atoms with Gasteiger partial charge >= 0.3 is 5.97 Å². The van der Waals surface area contributed by atoms with E-state index in [0.717, 1.165) is 24.8 Å². The molecule has 22 heavy (non-hydrogen) atoms. The molecule has 0 saturated carbocycles. The average molecular weight is 304 g/mol. The molecule has 0 heterocycles. The SMILES string of the molecule is CCCCCCCCC(C)OC(=O)C(CC)c1ccccc1. The van der Waals surface area contributed by atoms with Gasteiger partial charge in [0.2, 0.25) is 0 Å². The molecule has 0 saturated heterocycles. The largest absolute Gasteiger partial charge is 0.462 e. The third kappa shape index (κ3) is 7.11. The fourth-order valence-corrected chi connectivity index (χ4v) is 2.78. The van der Waals surface area contributed by atoms with Crippen LogP contribution in [0.1, 0.15) is 83.6 Å². The van der Waals surface area contributed by atoms with E-state index in [1.165, 1.54) is 32.1 Å². The highest BCUT2D eigenvalue weighted by atomic mass is 16.5. The number of hydrogen-bond acceptors (Lipinski definition) is 2. The van der Waals surface area contributed by atoms with Crippen molar-refractivity contribution in [1.29, 1.82) is 0 Å². The van der Waals surface area contributed by atoms with E-state index < -0.39 is 0 Å². The average Bonchev–Trinajstić information content (AvgIpc) is 2.52. The minimum Gasteiger partial charge on any atom is -0.462 e. The molecule has 1 rings (SSSR count). The van der Waals surface area contributed by atoms with Crippen LogP contribution < -0.4 is 0 Å². The molecule has 0 aliphatic rings. The lowest BCUT2D eigenvalue weighted by molar-refractivity contribution is -0.150. The molecular weight excluding hydrogens is 272 g/mol. The van der Waals surface area contributed by atoms with Crippen LogP contribution >= 0.6 is 0 Å². The van der Waals surface area contributed by atoms with Gasteiger partial charge in [-0.2, -0.15) is 0 Å². The molecule has 124 valence electrons. The van der Waals surface area contributed by atoms with E-state index in [0.29, 0.717) is 0 Å². The summed E-state index contributed by atoms with van der Waals surface area (Å²) in [4.78, 5) is 12.3. The molecule has 0 fully saturated rings. The normalized spacial score (nSPS) is 13.6. The molecule has 0 spiro atoms. The second-order valence-electron chi connectivity index (χ2n) is 6.18. The van der Waals surface area contributed by atoms with Crippen molar-refractivity contribution in [2.24, 2.45) is 0 Å². The van der Waals surface area contributed by atoms with Gasteiger partial charge in [-0.25, -0.2) is 0 Å². The van der Waals surface area contributed by atoms with E-state index >= 15 is 0 Å². The highest BCUT2D eigenvalue weighted by molar-refractivity contribution is 5.78. The Morgan fingerprint density at radius 3 is 2.27 bits per heavy atom. The fourth-order valence-electron chi connectivity index (χ4n) is 2.78. The first kappa shape index (κ1) is 18.7. The van der Waals surface area contributed by atoms with Gasteiger partial charge in [-0.3, -0.25) is 4.79 Å². The van der Waals surface area contributed by atoms with Crippen LogP contribution in [0.15, 0.2) is 30.3 Å². The Labute approximate surface area is 136 Å². The minimum absolute atomic E-state index is 0.0245. The zero-order valence-corrected chi connectivity index (χ0v) is 14.5. The van der Waals surface area contributed by atoms with Crippen LogP contribution in [0.4, 0.5) is 0 Å². The van der Waals surface area contributed by atoms with E-state index in [4.69, 9.17) is 4.74 Å². The van der Waals surface area contributed by atoms with Crippen LogP contribution in [-0.4, -0.2) is 12.1 Å². The van der Waals surface area contributed by atoms with Crippen molar-refractivity contribution >= 4 is 5.97 Å². The molecule has 0 amide bonds. The van der Waals surface area contributed by atoms with Crippen molar-refractivity contribution in [2.75, 3.05) is 0 Å². The van der Waals surface area contributed by atoms with E-state index in [9.17, 15) is 4.79 Å². The predicted molar refractivity (Wildman–Crippen MR) is 93.0 cm³/mol. The van der Waals surface area contributed by atoms with Crippen molar-refractivity contribution in [3.05, 3.63) is 35.9 Å². The Balaban J connectivity index is 2.30. The number of carbonyl (C=O) groups is 1. The van der Waals surface area contributed by atoms with Gasteiger partial charge < -0.3 is 4.74 Å². The molecule has 2 atom stereocenters. The highest BCUT2D eigenvalue weighted by Crippen LogP contribution is 2.22. The number of rotatable bonds is 11. The molecule has 0 aromatic heterocycles. The van der Waals surface area contributed by atoms with E-state index in [2.05, 4.69) is 6.92 Å². The van der Waals surface area contributed by atoms with Crippen LogP contribution in [-0.2, 0) is 9.53 Å². The Kier molecular flexibility index (Phi) is 9.61. The summed E-state index contributed by atoms with van der Waals surface area (Å²) < 4.78 is 5.65. The molecule has 0 aliphatic carbocycles. The molecule has 0 radical (unpaired) electrons. The number of hydrogen-bond donors (Lipinski definition) is 0. The van der Waals surface area contributed by atoms with Gasteiger partial charge in [0, 0.05) is 0 Å². The molecule has 1 aromatic rings. The number of ether oxygens (including phenoxy) is 1. The lowest BCUT2D eigenvalue weighted by Crippen LogP contribution is -2.21. The van der Waals surface area contributed by atoms with Crippen molar-refractivity contribution in [3.63, 3.8) is 0 Å². The van der Waals surface area contributed by atoms with Crippen molar-refractivity contribution in [2.45, 2.75) is 84.2 Å². The second kappa shape index (κ2) is 11.3. The topological polar surface area (TPSA) is 26.3 Å². The maximum Gasteiger partial charge on any atom is 0.313 e. The molecule has 0 bridgehead atoms. The van der Waals surface area contributed by atoms with Crippen LogP contribution in [0.25, 0.3) is 0 Å². The quantitative estimate of drug-likeness (QED) is 0.378. The zero-order valence-electron chi connectivity index (χ0n) is 14.5. The molecule has 0 aliphatic heterocycles. The summed E-state index contributed by atoms with van der Waals surface area (Å²) >= 11 is 0. The Morgan fingerprint density at radius 2 is 1.64 bits per heavy atom. The molecule has 2 unspecified atom stereocenters. The zero-order chi connectivity index (χ0) is 16.2. The molecule has 0 N–H and O–H groups in total. The fraction of sp³-hybridized carbons (Fsp3) is 0.650. The van der Waals surface area contributed by atoms with Gasteiger partial charge in [-0.1, -0.05) is 76.3 Å². The predicted octanol–water partition coefficient (Wildman–Crippen LogP) is 5.86. The Hall–Kier alpha value is -1.31. The third-order valence-electron chi connectivity index (χ3n) is 4.18. The summed E-state index contributed by atoms with van der Waals surface area (Å²) in [6, 6.07) is 9.94. The van der Waals surface area contributed by atoms with Crippen molar-refractivity contribution in [3.8, 4) is 0 Å². The number of benzene rings is 1. The standard InChI is InChI=1S/C20H32O2/c1-4-6-7-8-9-11-14-17(3)22-20(21)19(5-2)18-15-12-10-13-16-18/h10,12-13,15-17,19H,4-9,11,14H2,1-3H3. The van der Waals surface area contributed by atoms with Crippen LogP contribution in [0.5, 0.6) is 0 Å². The molecular formula is C20H32O2. The van der Waals surface area contributed by atoms with E-state index in [1.807, 2.05) is 44.2 Å². The summed E-state index contributed by atoms with van der Waals surface area (Å²) in [5, 5.41) is 0. The van der Waals surface area contributed by atoms with Crippen molar-refractivity contribution < 1.29 is 9.53 Å². The van der Waals surface area contributed by atoms with Gasteiger partial charge in [0.05, 0.1) is 12.0 Å². The first-order chi connectivity index (χ1) is 10.7. The number of esters is 1. The summed E-state index contributed by atoms with van der Waals surface area (Å²) in [5.74, 6) is -0.208. The summed E-state index contributed by atoms with van der Waals surface area (Å²) in [6.07, 6.45) is 9.43. The monoisotopic (exact) mass is 304 g/mol. The van der Waals surface area contributed by atoms with Crippen LogP contribution in [0.3, 0.4) is 0 Å². The second-order valence-corrected chi connectivity index (χ2v) is 6.18. The first-order valence-corrected chi connectivity index (χ1v) is 8.94. The van der Waals surface area contributed by atoms with Crippen LogP contribution in [0, 0.1) is 0 Å². The van der Waals surface area contributed by atoms with Crippen LogP contribution in [0.2, 0.25) is 0 Å². The third-order valence-corrected chi connectivity index (χ3v) is 4.18. The van der Waals surface area contributed by atoms with E-state index in [-0.39, 0.29) is 18.0 Å². The van der Waals surface area contributed by atoms with Gasteiger partial charge in [0.25, 0.3) is 0 Å².